The van der Waals surface area contributed by atoms with Crippen molar-refractivity contribution in [3.63, 3.8) is 0 Å². The highest BCUT2D eigenvalue weighted by molar-refractivity contribution is 6.52. The lowest BCUT2D eigenvalue weighted by atomic mass is 9.79. The molecule has 153 valence electrons. The Kier molecular flexibility index (Phi) is 4.58. The van der Waals surface area contributed by atoms with Crippen LogP contribution in [0.1, 0.15) is 27.7 Å². The molecule has 0 amide bonds. The van der Waals surface area contributed by atoms with Crippen LogP contribution >= 0.6 is 0 Å². The molecule has 0 aromatic heterocycles. The van der Waals surface area contributed by atoms with Crippen molar-refractivity contribution in [2.24, 2.45) is 0 Å². The smallest absolute Gasteiger partial charge is 0.331 e. The van der Waals surface area contributed by atoms with Gasteiger partial charge in [-0.3, -0.25) is 0 Å². The molecule has 0 bridgehead atoms. The molecule has 2 nitrogen and oxygen atoms in total. The summed E-state index contributed by atoms with van der Waals surface area (Å²) in [5.41, 5.74) is 6.89. The highest BCUT2D eigenvalue weighted by Gasteiger charge is 2.36. The molecule has 0 atom stereocenters. The summed E-state index contributed by atoms with van der Waals surface area (Å²) >= 11 is 0. The molecule has 0 aliphatic heterocycles. The van der Waals surface area contributed by atoms with Crippen molar-refractivity contribution in [2.75, 3.05) is 0 Å². The van der Waals surface area contributed by atoms with E-state index in [0.717, 1.165) is 5.46 Å². The second kappa shape index (κ2) is 7.08. The minimum absolute atomic E-state index is 0.705. The molecule has 0 saturated heterocycles. The Morgan fingerprint density at radius 1 is 0.677 bits per heavy atom. The molecule has 1 aliphatic rings. The molecule has 1 aliphatic carbocycles. The maximum atomic E-state index is 10.4. The van der Waals surface area contributed by atoms with Crippen molar-refractivity contribution < 1.29 is 9.76 Å². The minimum Gasteiger partial charge on any atom is -0.427 e. The van der Waals surface area contributed by atoms with E-state index in [4.69, 9.17) is 4.65 Å². The zero-order chi connectivity index (χ0) is 21.8. The van der Waals surface area contributed by atoms with Crippen molar-refractivity contribution in [3.8, 4) is 33.4 Å². The first-order valence-corrected chi connectivity index (χ1v) is 10.8. The maximum absolute atomic E-state index is 10.4. The van der Waals surface area contributed by atoms with Crippen molar-refractivity contribution in [2.45, 2.75) is 38.9 Å². The van der Waals surface area contributed by atoms with Gasteiger partial charge in [0.2, 0.25) is 0 Å². The van der Waals surface area contributed by atoms with Gasteiger partial charge < -0.3 is 9.76 Å². The van der Waals surface area contributed by atoms with Gasteiger partial charge in [0, 0.05) is 0 Å². The first-order valence-electron chi connectivity index (χ1n) is 10.8. The number of hydrogen-bond donors (Lipinski definition) is 1. The summed E-state index contributed by atoms with van der Waals surface area (Å²) in [6, 6.07) is 28.0. The molecule has 31 heavy (non-hydrogen) atoms. The summed E-state index contributed by atoms with van der Waals surface area (Å²) in [7, 11) is 1.79. The Bertz CT molecular complexity index is 1280. The first kappa shape index (κ1) is 20.1. The van der Waals surface area contributed by atoms with Gasteiger partial charge in [0.25, 0.3) is 0 Å². The number of hydrogen-bond acceptors (Lipinski definition) is 2. The van der Waals surface area contributed by atoms with Crippen LogP contribution in [0, 0.1) is 0 Å². The zero-order valence-corrected chi connectivity index (χ0v) is 18.4. The van der Waals surface area contributed by atoms with Gasteiger partial charge in [-0.25, -0.2) is 0 Å². The fourth-order valence-corrected chi connectivity index (χ4v) is 4.15. The number of aliphatic hydroxyl groups is 1. The van der Waals surface area contributed by atoms with Crippen LogP contribution in [0.3, 0.4) is 0 Å². The molecular weight excluding hydrogens is 379 g/mol. The van der Waals surface area contributed by atoms with Crippen LogP contribution in [-0.4, -0.2) is 23.8 Å². The van der Waals surface area contributed by atoms with E-state index in [0.29, 0.717) is 0 Å². The molecule has 0 unspecified atom stereocenters. The van der Waals surface area contributed by atoms with Gasteiger partial charge in [-0.1, -0.05) is 72.8 Å². The van der Waals surface area contributed by atoms with E-state index in [2.05, 4.69) is 72.8 Å². The summed E-state index contributed by atoms with van der Waals surface area (Å²) in [4.78, 5) is 0. The fraction of sp³-hybridized carbons (Fsp3) is 0.214. The number of rotatable bonds is 5. The van der Waals surface area contributed by atoms with Gasteiger partial charge in [0.15, 0.2) is 0 Å². The Labute approximate surface area is 184 Å². The lowest BCUT2D eigenvalue weighted by molar-refractivity contribution is -0.0893. The fourth-order valence-electron chi connectivity index (χ4n) is 4.15. The van der Waals surface area contributed by atoms with Crippen LogP contribution < -0.4 is 5.46 Å². The quantitative estimate of drug-likeness (QED) is 0.366. The van der Waals surface area contributed by atoms with Gasteiger partial charge in [-0.15, -0.1) is 0 Å². The number of fused-ring (bicyclic) bond motifs is 3. The first-order chi connectivity index (χ1) is 14.8. The Hall–Kier alpha value is -2.88. The third kappa shape index (κ3) is 3.29. The van der Waals surface area contributed by atoms with Crippen LogP contribution in [0.5, 0.6) is 0 Å². The predicted octanol–water partition coefficient (Wildman–Crippen LogP) is 5.96. The summed E-state index contributed by atoms with van der Waals surface area (Å²) in [6.45, 7) is 7.36. The largest absolute Gasteiger partial charge is 0.427 e. The third-order valence-corrected chi connectivity index (χ3v) is 6.74. The Morgan fingerprint density at radius 2 is 1.39 bits per heavy atom. The van der Waals surface area contributed by atoms with Crippen molar-refractivity contribution in [3.05, 3.63) is 78.9 Å². The monoisotopic (exact) mass is 405 g/mol. The molecule has 3 heteroatoms. The molecule has 0 spiro atoms. The topological polar surface area (TPSA) is 29.5 Å². The van der Waals surface area contributed by atoms with E-state index in [1.165, 1.54) is 44.2 Å². The normalized spacial score (nSPS) is 12.8. The highest BCUT2D eigenvalue weighted by Crippen LogP contribution is 2.47. The molecule has 5 rings (SSSR count). The van der Waals surface area contributed by atoms with Crippen LogP contribution in [0.15, 0.2) is 78.9 Å². The van der Waals surface area contributed by atoms with E-state index in [-0.39, 0.29) is 0 Å². The summed E-state index contributed by atoms with van der Waals surface area (Å²) in [6.07, 6.45) is 0. The molecule has 4 aromatic carbocycles. The van der Waals surface area contributed by atoms with Gasteiger partial charge in [0.1, 0.15) is 0 Å². The van der Waals surface area contributed by atoms with Crippen molar-refractivity contribution in [1.82, 2.24) is 0 Å². The van der Waals surface area contributed by atoms with Gasteiger partial charge in [0.05, 0.1) is 11.2 Å². The zero-order valence-electron chi connectivity index (χ0n) is 18.4. The van der Waals surface area contributed by atoms with E-state index in [1.807, 2.05) is 19.9 Å². The predicted molar refractivity (Wildman–Crippen MR) is 131 cm³/mol. The van der Waals surface area contributed by atoms with Gasteiger partial charge in [-0.2, -0.15) is 0 Å². The second-order valence-electron chi connectivity index (χ2n) is 9.36. The van der Waals surface area contributed by atoms with E-state index < -0.39 is 11.2 Å². The number of benzene rings is 4. The lowest BCUT2D eigenvalue weighted by Crippen LogP contribution is -2.49. The molecular formula is C28H26BO2. The van der Waals surface area contributed by atoms with Crippen molar-refractivity contribution in [1.29, 1.82) is 0 Å². The molecule has 4 aromatic rings. The lowest BCUT2D eigenvalue weighted by Gasteiger charge is -2.37. The standard InChI is InChI=1S/C28H26BO2/c1-27(2,30)28(3,4)31-29-25-16-15-22-20-14-13-19(18-9-6-5-7-10-18)17-24(20)21-11-8-12-23(25)26(21)22/h5-17,30H,1-4H3. The molecule has 1 radical (unpaired) electrons. The molecule has 0 fully saturated rings. The summed E-state index contributed by atoms with van der Waals surface area (Å²) < 4.78 is 6.07. The Balaban J connectivity index is 1.58. The third-order valence-electron chi connectivity index (χ3n) is 6.74. The minimum atomic E-state index is -0.956. The summed E-state index contributed by atoms with van der Waals surface area (Å²) in [5.74, 6) is 0. The average molecular weight is 405 g/mol. The second-order valence-corrected chi connectivity index (χ2v) is 9.36. The van der Waals surface area contributed by atoms with Crippen LogP contribution in [0.25, 0.3) is 44.2 Å². The highest BCUT2D eigenvalue weighted by atomic mass is 16.5. The van der Waals surface area contributed by atoms with Crippen LogP contribution in [0.2, 0.25) is 0 Å². The molecule has 1 N–H and O–H groups in total. The van der Waals surface area contributed by atoms with Gasteiger partial charge in [-0.05, 0) is 83.4 Å². The van der Waals surface area contributed by atoms with Crippen molar-refractivity contribution >= 4 is 23.7 Å². The SMILES string of the molecule is CC(C)(O)C(C)(C)O[B]c1ccc2c3c(cccc13)-c1cc(-c3ccccc3)ccc1-2. The van der Waals surface area contributed by atoms with Crippen LogP contribution in [-0.2, 0) is 4.65 Å². The van der Waals surface area contributed by atoms with E-state index in [9.17, 15) is 5.11 Å². The maximum Gasteiger partial charge on any atom is 0.331 e. The molecule has 0 heterocycles. The van der Waals surface area contributed by atoms with Crippen LogP contribution in [0.4, 0.5) is 0 Å². The van der Waals surface area contributed by atoms with E-state index in [1.54, 1.807) is 21.3 Å². The molecule has 0 saturated carbocycles. The summed E-state index contributed by atoms with van der Waals surface area (Å²) in [5, 5.41) is 12.9. The van der Waals surface area contributed by atoms with E-state index >= 15 is 0 Å². The average Bonchev–Trinajstić information content (AvgIpc) is 3.08. The van der Waals surface area contributed by atoms with Gasteiger partial charge >= 0.3 is 7.48 Å². The Morgan fingerprint density at radius 3 is 2.13 bits per heavy atom.